The van der Waals surface area contributed by atoms with Crippen LogP contribution in [0.4, 0.5) is 0 Å². The van der Waals surface area contributed by atoms with Gasteiger partial charge in [-0.2, -0.15) is 0 Å². The second-order valence-corrected chi connectivity index (χ2v) is 22.7. The lowest BCUT2D eigenvalue weighted by molar-refractivity contribution is 0.660. The van der Waals surface area contributed by atoms with Gasteiger partial charge >= 0.3 is 0 Å². The highest BCUT2D eigenvalue weighted by Crippen LogP contribution is 2.65. The predicted octanol–water partition coefficient (Wildman–Crippen LogP) is 20.3. The van der Waals surface area contributed by atoms with Gasteiger partial charge in [-0.05, 0) is 203 Å². The van der Waals surface area contributed by atoms with E-state index in [2.05, 4.69) is 248 Å². The van der Waals surface area contributed by atoms with Crippen molar-refractivity contribution in [1.82, 2.24) is 0 Å². The van der Waals surface area contributed by atoms with Crippen LogP contribution >= 0.6 is 0 Å². The molecule has 0 aliphatic heterocycles. The number of hydrogen-bond donors (Lipinski definition) is 0. The monoisotopic (exact) mass is 940 g/mol. The molecule has 0 bridgehead atoms. The third kappa shape index (κ3) is 5.23. The smallest absolute Gasteiger partial charge is 0.0159 e. The van der Waals surface area contributed by atoms with Crippen molar-refractivity contribution in [1.29, 1.82) is 0 Å². The highest BCUT2D eigenvalue weighted by Gasteiger charge is 2.41. The fourth-order valence-corrected chi connectivity index (χ4v) is 14.9. The third-order valence-electron chi connectivity index (χ3n) is 18.2. The van der Waals surface area contributed by atoms with Crippen LogP contribution in [0.15, 0.2) is 206 Å². The first-order valence-corrected chi connectivity index (χ1v) is 26.5. The number of hydrogen-bond acceptors (Lipinski definition) is 0. The molecule has 4 aliphatic carbocycles. The molecule has 0 radical (unpaired) electrons. The van der Waals surface area contributed by atoms with Crippen LogP contribution in [0.2, 0.25) is 0 Å². The molecule has 0 atom stereocenters. The molecule has 74 heavy (non-hydrogen) atoms. The van der Waals surface area contributed by atoms with E-state index >= 15 is 0 Å². The van der Waals surface area contributed by atoms with Gasteiger partial charge in [0.2, 0.25) is 0 Å². The molecular formula is C74H52. The molecule has 12 aromatic rings. The molecule has 0 N–H and O–H groups in total. The molecule has 0 saturated carbocycles. The number of rotatable bonds is 4. The zero-order valence-corrected chi connectivity index (χ0v) is 42.6. The fourth-order valence-electron chi connectivity index (χ4n) is 14.9. The van der Waals surface area contributed by atoms with Crippen LogP contribution in [0, 0.1) is 13.8 Å². The summed E-state index contributed by atoms with van der Waals surface area (Å²) >= 11 is 0. The minimum absolute atomic E-state index is 0.139. The Morgan fingerprint density at radius 3 is 0.892 bits per heavy atom. The lowest BCUT2D eigenvalue weighted by Crippen LogP contribution is -2.15. The van der Waals surface area contributed by atoms with Gasteiger partial charge < -0.3 is 0 Å². The van der Waals surface area contributed by atoms with Gasteiger partial charge in [0.15, 0.2) is 0 Å². The summed E-state index contributed by atoms with van der Waals surface area (Å²) in [7, 11) is 0. The van der Waals surface area contributed by atoms with Crippen molar-refractivity contribution in [2.24, 2.45) is 0 Å². The van der Waals surface area contributed by atoms with Crippen molar-refractivity contribution in [3.05, 3.63) is 240 Å². The Hall–Kier alpha value is -8.58. The van der Waals surface area contributed by atoms with Crippen LogP contribution in [0.3, 0.4) is 0 Å². The molecule has 0 spiro atoms. The molecule has 0 nitrogen and oxygen atoms in total. The van der Waals surface area contributed by atoms with Gasteiger partial charge in [-0.25, -0.2) is 0 Å². The van der Waals surface area contributed by atoms with Gasteiger partial charge in [0.25, 0.3) is 0 Å². The first-order chi connectivity index (χ1) is 36.1. The maximum atomic E-state index is 2.55. The Morgan fingerprint density at radius 1 is 0.230 bits per heavy atom. The van der Waals surface area contributed by atoms with Crippen LogP contribution in [-0.2, 0) is 10.8 Å². The van der Waals surface area contributed by atoms with Crippen molar-refractivity contribution < 1.29 is 0 Å². The van der Waals surface area contributed by atoms with Crippen LogP contribution < -0.4 is 0 Å². The zero-order chi connectivity index (χ0) is 49.5. The van der Waals surface area contributed by atoms with E-state index in [0.717, 1.165) is 0 Å². The summed E-state index contributed by atoms with van der Waals surface area (Å²) in [5.74, 6) is 0. The Bertz CT molecular complexity index is 4260. The molecule has 0 aromatic heterocycles. The topological polar surface area (TPSA) is 0 Å². The van der Waals surface area contributed by atoms with Gasteiger partial charge in [-0.15, -0.1) is 0 Å². The lowest BCUT2D eigenvalue weighted by atomic mass is 9.78. The van der Waals surface area contributed by atoms with Gasteiger partial charge in [0, 0.05) is 10.8 Å². The van der Waals surface area contributed by atoms with Crippen molar-refractivity contribution in [2.75, 3.05) is 0 Å². The summed E-state index contributed by atoms with van der Waals surface area (Å²) in [6.07, 6.45) is 0. The Kier molecular flexibility index (Phi) is 8.26. The molecule has 0 saturated heterocycles. The first-order valence-electron chi connectivity index (χ1n) is 26.5. The summed E-state index contributed by atoms with van der Waals surface area (Å²) in [4.78, 5) is 0. The van der Waals surface area contributed by atoms with E-state index in [1.165, 1.54) is 177 Å². The largest absolute Gasteiger partial charge is 0.0620 e. The van der Waals surface area contributed by atoms with Crippen molar-refractivity contribution >= 4 is 32.3 Å². The molecule has 4 aliphatic rings. The number of fused-ring (bicyclic) bond motifs is 14. The summed E-state index contributed by atoms with van der Waals surface area (Å²) < 4.78 is 0. The van der Waals surface area contributed by atoms with E-state index in [0.29, 0.717) is 0 Å². The first kappa shape index (κ1) is 42.0. The number of benzene rings is 12. The highest BCUT2D eigenvalue weighted by molar-refractivity contribution is 6.35. The van der Waals surface area contributed by atoms with Gasteiger partial charge in [0.05, 0.1) is 0 Å². The normalized spacial score (nSPS) is 14.3. The molecule has 348 valence electrons. The van der Waals surface area contributed by atoms with E-state index in [4.69, 9.17) is 0 Å². The van der Waals surface area contributed by atoms with Crippen molar-refractivity contribution in [3.8, 4) is 111 Å². The lowest BCUT2D eigenvalue weighted by Gasteiger charge is -2.25. The van der Waals surface area contributed by atoms with Crippen LogP contribution in [-0.4, -0.2) is 0 Å². The maximum Gasteiger partial charge on any atom is 0.0159 e. The van der Waals surface area contributed by atoms with Crippen LogP contribution in [0.1, 0.15) is 61.1 Å². The molecule has 0 fully saturated rings. The highest BCUT2D eigenvalue weighted by atomic mass is 14.4. The number of aryl methyl sites for hydroxylation is 2. The third-order valence-corrected chi connectivity index (χ3v) is 18.2. The summed E-state index contributed by atoms with van der Waals surface area (Å²) in [5, 5.41) is 7.89. The van der Waals surface area contributed by atoms with E-state index in [-0.39, 0.29) is 10.8 Å². The van der Waals surface area contributed by atoms with Crippen molar-refractivity contribution in [3.63, 3.8) is 0 Å². The Balaban J connectivity index is 1.05. The van der Waals surface area contributed by atoms with E-state index in [1.54, 1.807) is 0 Å². The zero-order valence-electron chi connectivity index (χ0n) is 42.6. The Labute approximate surface area is 433 Å². The van der Waals surface area contributed by atoms with E-state index < -0.39 is 0 Å². The molecule has 16 rings (SSSR count). The molecular weight excluding hydrogens is 889 g/mol. The van der Waals surface area contributed by atoms with E-state index in [1.807, 2.05) is 0 Å². The molecule has 0 unspecified atom stereocenters. The molecule has 12 aromatic carbocycles. The maximum absolute atomic E-state index is 2.55. The quantitative estimate of drug-likeness (QED) is 0.165. The van der Waals surface area contributed by atoms with Crippen LogP contribution in [0.5, 0.6) is 0 Å². The predicted molar refractivity (Wildman–Crippen MR) is 314 cm³/mol. The Morgan fingerprint density at radius 2 is 0.514 bits per heavy atom. The summed E-state index contributed by atoms with van der Waals surface area (Å²) in [6.45, 7) is 14.2. The fraction of sp³-hybridized carbons (Fsp3) is 0.108. The van der Waals surface area contributed by atoms with Gasteiger partial charge in [-0.3, -0.25) is 0 Å². The summed E-state index contributed by atoms with van der Waals surface area (Å²) in [6, 6.07) is 79.4. The van der Waals surface area contributed by atoms with Gasteiger partial charge in [-0.1, -0.05) is 222 Å². The van der Waals surface area contributed by atoms with Crippen molar-refractivity contribution in [2.45, 2.75) is 52.4 Å². The van der Waals surface area contributed by atoms with Gasteiger partial charge in [0.1, 0.15) is 0 Å². The average Bonchev–Trinajstić information content (AvgIpc) is 4.11. The molecule has 0 heteroatoms. The minimum Gasteiger partial charge on any atom is -0.0620 e. The van der Waals surface area contributed by atoms with Crippen LogP contribution in [0.25, 0.3) is 144 Å². The molecule has 0 heterocycles. The van der Waals surface area contributed by atoms with E-state index in [9.17, 15) is 0 Å². The SMILES string of the molecule is Cc1ccccc1-c1c2c(c(-c3ccccc3C)c3ccccc13)-c1ccc3c4c(ccc-2c14)-c1c-3c(-c2ccc3c(c2)C(C)(C)c2ccccc2-3)c2ccccc2c1-c1ccc2c(c1)C(C)(C)c1ccccc1-2. The average molecular weight is 941 g/mol. The second kappa shape index (κ2) is 14.6. The standard InChI is InChI=1S/C74H52/c1-41-19-7-9-21-45(41)65-53-27-13-14-28-54(53)66(46-22-10-8-20-42(46)2)72-58-38-36-56-67-55(35-37-57(68(58)67)71(65)72)69-63(43-31-33-49-47-23-15-17-29-59(47)73(3,4)61(49)39-43)51-25-11-12-26-52(51)64(70(56)69)44-32-34-50-48-24-16-18-30-60(48)74(5,6)62(50)40-44/h7-40H,1-6H3. The second-order valence-electron chi connectivity index (χ2n) is 22.7. The minimum atomic E-state index is -0.139. The molecule has 0 amide bonds. The summed E-state index contributed by atoms with van der Waals surface area (Å²) in [5.41, 5.74) is 34.3.